The maximum atomic E-state index is 11.9. The zero-order chi connectivity index (χ0) is 14.5. The lowest BCUT2D eigenvalue weighted by Gasteiger charge is -2.10. The summed E-state index contributed by atoms with van der Waals surface area (Å²) in [6.45, 7) is 0.398. The SMILES string of the molecule is COCC(O)CNC(=O)Cc1c[nH]c2cccc(Br)c12. The molecule has 0 radical (unpaired) electrons. The number of aromatic nitrogens is 1. The molecule has 0 saturated heterocycles. The molecule has 1 unspecified atom stereocenters. The van der Waals surface area contributed by atoms with Gasteiger partial charge in [-0.25, -0.2) is 0 Å². The first-order chi connectivity index (χ1) is 9.61. The van der Waals surface area contributed by atoms with Crippen LogP contribution in [0.3, 0.4) is 0 Å². The Morgan fingerprint density at radius 3 is 3.10 bits per heavy atom. The molecule has 1 aromatic heterocycles. The van der Waals surface area contributed by atoms with Gasteiger partial charge in [-0.2, -0.15) is 0 Å². The first-order valence-electron chi connectivity index (χ1n) is 6.30. The molecule has 108 valence electrons. The van der Waals surface area contributed by atoms with Crippen LogP contribution in [0.4, 0.5) is 0 Å². The number of fused-ring (bicyclic) bond motifs is 1. The molecule has 0 aliphatic rings. The molecule has 1 atom stereocenters. The normalized spacial score (nSPS) is 12.6. The van der Waals surface area contributed by atoms with Gasteiger partial charge in [-0.1, -0.05) is 22.0 Å². The van der Waals surface area contributed by atoms with Crippen molar-refractivity contribution >= 4 is 32.7 Å². The first kappa shape index (κ1) is 15.0. The maximum Gasteiger partial charge on any atom is 0.224 e. The van der Waals surface area contributed by atoms with Crippen LogP contribution in [-0.2, 0) is 16.0 Å². The van der Waals surface area contributed by atoms with Crippen LogP contribution in [0.15, 0.2) is 28.9 Å². The molecule has 2 rings (SSSR count). The lowest BCUT2D eigenvalue weighted by Crippen LogP contribution is -2.35. The zero-order valence-electron chi connectivity index (χ0n) is 11.1. The summed E-state index contributed by atoms with van der Waals surface area (Å²) in [6.07, 6.45) is 1.42. The van der Waals surface area contributed by atoms with Gasteiger partial charge in [0.25, 0.3) is 0 Å². The predicted octanol–water partition coefficient (Wildman–Crippen LogP) is 1.60. The van der Waals surface area contributed by atoms with Crippen molar-refractivity contribution in [1.29, 1.82) is 0 Å². The third kappa shape index (κ3) is 3.59. The van der Waals surface area contributed by atoms with Gasteiger partial charge in [0.05, 0.1) is 19.1 Å². The smallest absolute Gasteiger partial charge is 0.224 e. The van der Waals surface area contributed by atoms with Gasteiger partial charge in [-0.15, -0.1) is 0 Å². The van der Waals surface area contributed by atoms with E-state index in [0.29, 0.717) is 0 Å². The van der Waals surface area contributed by atoms with Crippen molar-refractivity contribution in [2.24, 2.45) is 0 Å². The summed E-state index contributed by atoms with van der Waals surface area (Å²) in [5.41, 5.74) is 1.91. The number of aliphatic hydroxyl groups excluding tert-OH is 1. The second-order valence-corrected chi connectivity index (χ2v) is 5.42. The van der Waals surface area contributed by atoms with Crippen LogP contribution in [0.5, 0.6) is 0 Å². The minimum absolute atomic E-state index is 0.128. The quantitative estimate of drug-likeness (QED) is 0.747. The van der Waals surface area contributed by atoms with Gasteiger partial charge >= 0.3 is 0 Å². The standard InChI is InChI=1S/C14H17BrN2O3/c1-20-8-10(18)7-17-13(19)5-9-6-16-12-4-2-3-11(15)14(9)12/h2-4,6,10,16,18H,5,7-8H2,1H3,(H,17,19). The fraction of sp³-hybridized carbons (Fsp3) is 0.357. The van der Waals surface area contributed by atoms with Crippen molar-refractivity contribution < 1.29 is 14.6 Å². The summed E-state index contributed by atoms with van der Waals surface area (Å²) in [7, 11) is 1.51. The number of carbonyl (C=O) groups excluding carboxylic acids is 1. The third-order valence-electron chi connectivity index (χ3n) is 2.98. The van der Waals surface area contributed by atoms with Crippen LogP contribution >= 0.6 is 15.9 Å². The molecule has 1 heterocycles. The highest BCUT2D eigenvalue weighted by atomic mass is 79.9. The van der Waals surface area contributed by atoms with Gasteiger partial charge in [0.15, 0.2) is 0 Å². The van der Waals surface area contributed by atoms with E-state index in [9.17, 15) is 9.90 Å². The molecule has 0 aliphatic carbocycles. The van der Waals surface area contributed by atoms with Crippen LogP contribution < -0.4 is 5.32 Å². The van der Waals surface area contributed by atoms with Crippen molar-refractivity contribution in [3.05, 3.63) is 34.4 Å². The van der Waals surface area contributed by atoms with Crippen LogP contribution in [0, 0.1) is 0 Å². The lowest BCUT2D eigenvalue weighted by atomic mass is 10.1. The molecule has 6 heteroatoms. The highest BCUT2D eigenvalue weighted by molar-refractivity contribution is 9.10. The monoisotopic (exact) mass is 340 g/mol. The topological polar surface area (TPSA) is 74.3 Å². The van der Waals surface area contributed by atoms with E-state index in [1.165, 1.54) is 7.11 Å². The highest BCUT2D eigenvalue weighted by Crippen LogP contribution is 2.27. The molecule has 2 aromatic rings. The number of rotatable bonds is 6. The number of benzene rings is 1. The summed E-state index contributed by atoms with van der Waals surface area (Å²) in [5, 5.41) is 13.2. The zero-order valence-corrected chi connectivity index (χ0v) is 12.7. The summed E-state index contributed by atoms with van der Waals surface area (Å²) >= 11 is 3.49. The van der Waals surface area contributed by atoms with Gasteiger partial charge in [0.1, 0.15) is 0 Å². The number of aromatic amines is 1. The van der Waals surface area contributed by atoms with Crippen molar-refractivity contribution in [3.63, 3.8) is 0 Å². The Kier molecular flexibility index (Phi) is 5.17. The Balaban J connectivity index is 2.00. The van der Waals surface area contributed by atoms with Crippen molar-refractivity contribution in [3.8, 4) is 0 Å². The van der Waals surface area contributed by atoms with E-state index in [2.05, 4.69) is 26.2 Å². The molecule has 0 saturated carbocycles. The van der Waals surface area contributed by atoms with Crippen LogP contribution in [0.1, 0.15) is 5.56 Å². The van der Waals surface area contributed by atoms with Gasteiger partial charge in [-0.05, 0) is 17.7 Å². The van der Waals surface area contributed by atoms with Gasteiger partial charge in [-0.3, -0.25) is 4.79 Å². The Bertz CT molecular complexity index is 597. The molecule has 1 amide bonds. The van der Waals surface area contributed by atoms with Crippen molar-refractivity contribution in [2.45, 2.75) is 12.5 Å². The second kappa shape index (κ2) is 6.88. The minimum atomic E-state index is -0.682. The highest BCUT2D eigenvalue weighted by Gasteiger charge is 2.12. The summed E-state index contributed by atoms with van der Waals surface area (Å²) < 4.78 is 5.76. The molecular weight excluding hydrogens is 324 g/mol. The molecule has 0 bridgehead atoms. The second-order valence-electron chi connectivity index (χ2n) is 4.57. The number of amides is 1. The number of carbonyl (C=O) groups is 1. The van der Waals surface area contributed by atoms with Gasteiger partial charge in [0, 0.05) is 35.2 Å². The minimum Gasteiger partial charge on any atom is -0.389 e. The molecule has 3 N–H and O–H groups in total. The number of hydrogen-bond donors (Lipinski definition) is 3. The fourth-order valence-corrected chi connectivity index (χ4v) is 2.69. The van der Waals surface area contributed by atoms with E-state index >= 15 is 0 Å². The molecule has 1 aromatic carbocycles. The molecule has 0 fully saturated rings. The Hall–Kier alpha value is -1.37. The summed E-state index contributed by atoms with van der Waals surface area (Å²) in [6, 6.07) is 5.84. The number of aliphatic hydroxyl groups is 1. The van der Waals surface area contributed by atoms with E-state index in [4.69, 9.17) is 4.74 Å². The number of H-pyrrole nitrogens is 1. The molecule has 5 nitrogen and oxygen atoms in total. The van der Waals surface area contributed by atoms with Crippen molar-refractivity contribution in [1.82, 2.24) is 10.3 Å². The van der Waals surface area contributed by atoms with Crippen LogP contribution in [0.2, 0.25) is 0 Å². The molecule has 0 aliphatic heterocycles. The summed E-state index contributed by atoms with van der Waals surface area (Å²) in [4.78, 5) is 15.0. The Morgan fingerprint density at radius 1 is 1.55 bits per heavy atom. The fourth-order valence-electron chi connectivity index (χ4n) is 2.07. The van der Waals surface area contributed by atoms with E-state index in [1.54, 1.807) is 0 Å². The number of nitrogens with one attached hydrogen (secondary N) is 2. The maximum absolute atomic E-state index is 11.9. The molecular formula is C14H17BrN2O3. The van der Waals surface area contributed by atoms with E-state index in [0.717, 1.165) is 20.9 Å². The lowest BCUT2D eigenvalue weighted by molar-refractivity contribution is -0.121. The van der Waals surface area contributed by atoms with E-state index in [-0.39, 0.29) is 25.5 Å². The van der Waals surface area contributed by atoms with Crippen molar-refractivity contribution in [2.75, 3.05) is 20.3 Å². The first-order valence-corrected chi connectivity index (χ1v) is 7.09. The van der Waals surface area contributed by atoms with E-state index in [1.807, 2.05) is 24.4 Å². The Morgan fingerprint density at radius 2 is 2.35 bits per heavy atom. The average molecular weight is 341 g/mol. The third-order valence-corrected chi connectivity index (χ3v) is 3.64. The van der Waals surface area contributed by atoms with Crippen LogP contribution in [0.25, 0.3) is 10.9 Å². The number of halogens is 1. The Labute approximate surface area is 125 Å². The number of hydrogen-bond acceptors (Lipinski definition) is 3. The molecule has 0 spiro atoms. The summed E-state index contributed by atoms with van der Waals surface area (Å²) in [5.74, 6) is -0.128. The average Bonchev–Trinajstić information content (AvgIpc) is 2.81. The van der Waals surface area contributed by atoms with Gasteiger partial charge < -0.3 is 20.1 Å². The van der Waals surface area contributed by atoms with Crippen LogP contribution in [-0.4, -0.2) is 42.4 Å². The number of ether oxygens (including phenoxy) is 1. The van der Waals surface area contributed by atoms with Gasteiger partial charge in [0.2, 0.25) is 5.91 Å². The number of methoxy groups -OCH3 is 1. The molecule has 20 heavy (non-hydrogen) atoms. The van der Waals surface area contributed by atoms with E-state index < -0.39 is 6.10 Å². The largest absolute Gasteiger partial charge is 0.389 e. The predicted molar refractivity (Wildman–Crippen MR) is 80.6 cm³/mol.